The second kappa shape index (κ2) is 10.4. The Morgan fingerprint density at radius 2 is 1.59 bits per heavy atom. The maximum absolute atomic E-state index is 14.1. The third-order valence-corrected chi connectivity index (χ3v) is 10.4. The van der Waals surface area contributed by atoms with Crippen molar-refractivity contribution in [3.8, 4) is 0 Å². The smallest absolute Gasteiger partial charge is 0.296 e. The van der Waals surface area contributed by atoms with Crippen molar-refractivity contribution in [2.75, 3.05) is 64.4 Å². The van der Waals surface area contributed by atoms with Crippen LogP contribution >= 0.6 is 0 Å². The molecule has 4 heterocycles. The first-order chi connectivity index (χ1) is 19.7. The van der Waals surface area contributed by atoms with Gasteiger partial charge in [0.1, 0.15) is 5.76 Å². The number of carbonyl (C=O) groups excluding carboxylic acids is 3. The number of ether oxygens (including phenoxy) is 1. The van der Waals surface area contributed by atoms with Crippen LogP contribution in [0.3, 0.4) is 0 Å². The maximum Gasteiger partial charge on any atom is 0.296 e. The van der Waals surface area contributed by atoms with Crippen molar-refractivity contribution >= 4 is 39.1 Å². The third-order valence-electron chi connectivity index (χ3n) is 8.51. The van der Waals surface area contributed by atoms with E-state index in [1.165, 1.54) is 38.4 Å². The molecule has 41 heavy (non-hydrogen) atoms. The summed E-state index contributed by atoms with van der Waals surface area (Å²) in [4.78, 5) is 46.3. The van der Waals surface area contributed by atoms with Crippen LogP contribution in [0.25, 0.3) is 5.76 Å². The van der Waals surface area contributed by atoms with E-state index in [4.69, 9.17) is 4.74 Å². The number of rotatable bonds is 6. The highest BCUT2D eigenvalue weighted by Crippen LogP contribution is 2.53. The number of amides is 2. The minimum Gasteiger partial charge on any atom is -0.507 e. The average molecular weight is 581 g/mol. The van der Waals surface area contributed by atoms with E-state index in [1.807, 2.05) is 0 Å². The van der Waals surface area contributed by atoms with Gasteiger partial charge in [-0.3, -0.25) is 19.3 Å². The van der Waals surface area contributed by atoms with E-state index >= 15 is 0 Å². The predicted molar refractivity (Wildman–Crippen MR) is 149 cm³/mol. The molecule has 4 aliphatic heterocycles. The van der Waals surface area contributed by atoms with Crippen molar-refractivity contribution < 1.29 is 32.6 Å². The molecular formula is C29H32N4O7S. The van der Waals surface area contributed by atoms with Gasteiger partial charge in [-0.1, -0.05) is 18.2 Å². The van der Waals surface area contributed by atoms with Crippen molar-refractivity contribution in [3.05, 3.63) is 65.2 Å². The summed E-state index contributed by atoms with van der Waals surface area (Å²) >= 11 is 0. The summed E-state index contributed by atoms with van der Waals surface area (Å²) in [5.74, 6) is -2.88. The predicted octanol–water partition coefficient (Wildman–Crippen LogP) is 1.36. The standard InChI is InChI=1S/C29H32N4O7S/c1-30-23-7-3-2-6-22(23)29(28(30)37)24(26(35)27(36)33(29)15-14-31-16-18-40-19-17-31)25(34)20-8-10-21(11-9-20)41(38,39)32-12-4-5-13-32/h2-3,6-11,34H,4-5,12-19H2,1H3. The van der Waals surface area contributed by atoms with E-state index < -0.39 is 38.9 Å². The van der Waals surface area contributed by atoms with Crippen molar-refractivity contribution in [2.45, 2.75) is 23.3 Å². The minimum absolute atomic E-state index is 0.0682. The van der Waals surface area contributed by atoms with Crippen LogP contribution in [0, 0.1) is 0 Å². The van der Waals surface area contributed by atoms with Gasteiger partial charge in [-0.05, 0) is 43.2 Å². The molecule has 0 aromatic heterocycles. The molecule has 6 rings (SSSR count). The summed E-state index contributed by atoms with van der Waals surface area (Å²) in [6, 6.07) is 12.5. The Balaban J connectivity index is 1.45. The third kappa shape index (κ3) is 4.19. The Labute approximate surface area is 238 Å². The monoisotopic (exact) mass is 580 g/mol. The fraction of sp³-hybridized carbons (Fsp3) is 0.414. The number of carbonyl (C=O) groups is 3. The summed E-state index contributed by atoms with van der Waals surface area (Å²) in [5, 5.41) is 11.6. The highest BCUT2D eigenvalue weighted by molar-refractivity contribution is 7.89. The van der Waals surface area contributed by atoms with Gasteiger partial charge in [0.2, 0.25) is 10.0 Å². The quantitative estimate of drug-likeness (QED) is 0.308. The van der Waals surface area contributed by atoms with Gasteiger partial charge in [0.05, 0.1) is 23.7 Å². The first-order valence-corrected chi connectivity index (χ1v) is 15.2. The Bertz CT molecular complexity index is 1540. The molecule has 0 radical (unpaired) electrons. The summed E-state index contributed by atoms with van der Waals surface area (Å²) in [5.41, 5.74) is -1.06. The van der Waals surface area contributed by atoms with Crippen LogP contribution in [0.4, 0.5) is 5.69 Å². The van der Waals surface area contributed by atoms with Gasteiger partial charge in [-0.2, -0.15) is 4.31 Å². The number of likely N-dealkylation sites (tertiary alicyclic amines) is 1. The summed E-state index contributed by atoms with van der Waals surface area (Å²) in [7, 11) is -2.11. The Hall–Kier alpha value is -3.58. The van der Waals surface area contributed by atoms with E-state index in [2.05, 4.69) is 4.90 Å². The largest absolute Gasteiger partial charge is 0.507 e. The lowest BCUT2D eigenvalue weighted by Crippen LogP contribution is -2.53. The number of anilines is 1. The molecule has 12 heteroatoms. The highest BCUT2D eigenvalue weighted by Gasteiger charge is 2.66. The zero-order chi connectivity index (χ0) is 28.9. The number of nitrogens with zero attached hydrogens (tertiary/aromatic N) is 4. The number of benzene rings is 2. The molecule has 11 nitrogen and oxygen atoms in total. The number of para-hydroxylation sites is 1. The van der Waals surface area contributed by atoms with E-state index in [-0.39, 0.29) is 22.6 Å². The van der Waals surface area contributed by atoms with Gasteiger partial charge >= 0.3 is 0 Å². The number of aliphatic hydroxyl groups is 1. The second-order valence-corrected chi connectivity index (χ2v) is 12.6. The Kier molecular flexibility index (Phi) is 6.97. The number of morpholine rings is 1. The SMILES string of the molecule is CN1C(=O)C2(C(=C(O)c3ccc(S(=O)(=O)N4CCCC4)cc3)C(=O)C(=O)N2CCN2CCOCC2)c2ccccc21. The van der Waals surface area contributed by atoms with Crippen LogP contribution in [0.5, 0.6) is 0 Å². The first kappa shape index (κ1) is 27.6. The highest BCUT2D eigenvalue weighted by atomic mass is 32.2. The van der Waals surface area contributed by atoms with Crippen LogP contribution in [0.15, 0.2) is 59.0 Å². The van der Waals surface area contributed by atoms with Gasteiger partial charge in [-0.15, -0.1) is 0 Å². The molecule has 3 saturated heterocycles. The molecule has 2 aromatic carbocycles. The van der Waals surface area contributed by atoms with Gasteiger partial charge < -0.3 is 19.6 Å². The van der Waals surface area contributed by atoms with Gasteiger partial charge in [0, 0.05) is 63.1 Å². The number of sulfonamides is 1. The molecule has 3 fully saturated rings. The molecule has 216 valence electrons. The lowest BCUT2D eigenvalue weighted by atomic mass is 9.82. The summed E-state index contributed by atoms with van der Waals surface area (Å²) in [6.45, 7) is 3.84. The van der Waals surface area contributed by atoms with Crippen LogP contribution in [0.1, 0.15) is 24.0 Å². The molecule has 1 N–H and O–H groups in total. The number of likely N-dealkylation sites (N-methyl/N-ethyl adjacent to an activating group) is 1. The van der Waals surface area contributed by atoms with Crippen LogP contribution < -0.4 is 4.90 Å². The van der Waals surface area contributed by atoms with E-state index in [9.17, 15) is 27.9 Å². The second-order valence-electron chi connectivity index (χ2n) is 10.7. The number of hydrogen-bond acceptors (Lipinski definition) is 8. The van der Waals surface area contributed by atoms with Crippen LogP contribution in [0.2, 0.25) is 0 Å². The van der Waals surface area contributed by atoms with Crippen molar-refractivity contribution in [2.24, 2.45) is 0 Å². The van der Waals surface area contributed by atoms with E-state index in [0.29, 0.717) is 57.2 Å². The van der Waals surface area contributed by atoms with Gasteiger partial charge in [0.15, 0.2) is 5.54 Å². The molecule has 1 spiro atoms. The first-order valence-electron chi connectivity index (χ1n) is 13.8. The van der Waals surface area contributed by atoms with Crippen molar-refractivity contribution in [3.63, 3.8) is 0 Å². The molecule has 4 aliphatic rings. The molecule has 0 aliphatic carbocycles. The number of aliphatic hydroxyl groups excluding tert-OH is 1. The molecular weight excluding hydrogens is 548 g/mol. The number of Topliss-reactive ketones (excluding diaryl/α,β-unsaturated/α-hetero) is 1. The molecule has 2 aromatic rings. The van der Waals surface area contributed by atoms with Crippen molar-refractivity contribution in [1.82, 2.24) is 14.1 Å². The van der Waals surface area contributed by atoms with E-state index in [1.54, 1.807) is 31.3 Å². The van der Waals surface area contributed by atoms with Crippen molar-refractivity contribution in [1.29, 1.82) is 0 Å². The van der Waals surface area contributed by atoms with Gasteiger partial charge in [0.25, 0.3) is 17.6 Å². The van der Waals surface area contributed by atoms with Gasteiger partial charge in [-0.25, -0.2) is 8.42 Å². The Morgan fingerprint density at radius 1 is 0.927 bits per heavy atom. The number of hydrogen-bond donors (Lipinski definition) is 1. The number of fused-ring (bicyclic) bond motifs is 2. The normalized spacial score (nSPS) is 25.0. The Morgan fingerprint density at radius 3 is 2.27 bits per heavy atom. The molecule has 2 amide bonds. The average Bonchev–Trinajstić information content (AvgIpc) is 3.67. The lowest BCUT2D eigenvalue weighted by Gasteiger charge is -2.36. The maximum atomic E-state index is 14.1. The molecule has 1 atom stereocenters. The molecule has 1 unspecified atom stereocenters. The fourth-order valence-corrected chi connectivity index (χ4v) is 7.86. The van der Waals surface area contributed by atoms with E-state index in [0.717, 1.165) is 12.8 Å². The zero-order valence-corrected chi connectivity index (χ0v) is 23.6. The minimum atomic E-state index is -3.69. The van der Waals surface area contributed by atoms with Crippen LogP contribution in [-0.2, 0) is 34.7 Å². The lowest BCUT2D eigenvalue weighted by molar-refractivity contribution is -0.144. The number of ketones is 1. The van der Waals surface area contributed by atoms with Crippen LogP contribution in [-0.4, -0.2) is 105 Å². The molecule has 0 saturated carbocycles. The zero-order valence-electron chi connectivity index (χ0n) is 22.8. The summed E-state index contributed by atoms with van der Waals surface area (Å²) < 4.78 is 32.9. The molecule has 0 bridgehead atoms. The summed E-state index contributed by atoms with van der Waals surface area (Å²) in [6.07, 6.45) is 1.60. The fourth-order valence-electron chi connectivity index (χ4n) is 6.34. The topological polar surface area (TPSA) is 128 Å².